The Morgan fingerprint density at radius 2 is 1.94 bits per heavy atom. The third-order valence-electron chi connectivity index (χ3n) is 4.87. The molecule has 0 fully saturated rings. The number of carbonyl (C=O) groups excluding carboxylic acids is 1. The summed E-state index contributed by atoms with van der Waals surface area (Å²) >= 11 is 3.40. The Morgan fingerprint density at radius 1 is 1.16 bits per heavy atom. The molecule has 0 saturated carbocycles. The van der Waals surface area contributed by atoms with Crippen molar-refractivity contribution in [2.45, 2.75) is 31.2 Å². The van der Waals surface area contributed by atoms with E-state index in [0.717, 1.165) is 28.3 Å². The number of hydrogen-bond acceptors (Lipinski definition) is 5. The molecule has 1 heterocycles. The summed E-state index contributed by atoms with van der Waals surface area (Å²) in [6.07, 6.45) is 4.42. The van der Waals surface area contributed by atoms with Crippen LogP contribution in [0.25, 0.3) is 10.8 Å². The topological polar surface area (TPSA) is 88.6 Å². The summed E-state index contributed by atoms with van der Waals surface area (Å²) in [7, 11) is -3.77. The number of pyridine rings is 1. The molecule has 0 saturated heterocycles. The van der Waals surface area contributed by atoms with E-state index in [0.29, 0.717) is 18.5 Å². The monoisotopic (exact) mass is 519 g/mol. The number of sulfonamides is 1. The fourth-order valence-electron chi connectivity index (χ4n) is 3.16. The van der Waals surface area contributed by atoms with Crippen molar-refractivity contribution in [1.29, 1.82) is 0 Å². The first kappa shape index (κ1) is 24.2. The first-order valence-electron chi connectivity index (χ1n) is 10.4. The number of unbranched alkanes of at least 4 members (excludes halogenated alkanes) is 1. The molecular weight excluding hydrogens is 494 g/mol. The van der Waals surface area contributed by atoms with E-state index in [4.69, 9.17) is 4.74 Å². The molecule has 1 aromatic heterocycles. The van der Waals surface area contributed by atoms with Crippen LogP contribution in [0.4, 0.5) is 4.79 Å². The fraction of sp³-hybridized carbons (Fsp3) is 0.304. The molecule has 1 N–H and O–H groups in total. The smallest absolute Gasteiger partial charge is 0.410 e. The maximum atomic E-state index is 12.9. The van der Waals surface area contributed by atoms with Gasteiger partial charge in [0.25, 0.3) is 0 Å². The molecule has 0 aliphatic rings. The number of aromatic nitrogens is 1. The minimum Gasteiger partial charge on any atom is -0.449 e. The van der Waals surface area contributed by atoms with Crippen molar-refractivity contribution in [1.82, 2.24) is 14.6 Å². The van der Waals surface area contributed by atoms with Crippen molar-refractivity contribution in [3.05, 3.63) is 71.0 Å². The molecule has 0 atom stereocenters. The number of ether oxygens (including phenoxy) is 1. The van der Waals surface area contributed by atoms with Crippen LogP contribution in [0.2, 0.25) is 0 Å². The molecule has 0 aliphatic carbocycles. The van der Waals surface area contributed by atoms with Gasteiger partial charge in [-0.25, -0.2) is 17.9 Å². The van der Waals surface area contributed by atoms with E-state index in [9.17, 15) is 13.2 Å². The maximum absolute atomic E-state index is 12.9. The second-order valence-electron chi connectivity index (χ2n) is 7.27. The molecule has 32 heavy (non-hydrogen) atoms. The third kappa shape index (κ3) is 6.51. The number of nitrogens with zero attached hydrogens (tertiary/aromatic N) is 2. The Hall–Kier alpha value is -2.49. The number of hydrogen-bond donors (Lipinski definition) is 1. The van der Waals surface area contributed by atoms with Gasteiger partial charge in [0.15, 0.2) is 0 Å². The number of rotatable bonds is 10. The minimum absolute atomic E-state index is 0.0587. The number of nitrogens with one attached hydrogen (secondary N) is 1. The Morgan fingerprint density at radius 3 is 2.69 bits per heavy atom. The van der Waals surface area contributed by atoms with Crippen molar-refractivity contribution < 1.29 is 17.9 Å². The zero-order chi connectivity index (χ0) is 23.0. The van der Waals surface area contributed by atoms with Crippen LogP contribution in [-0.2, 0) is 21.3 Å². The summed E-state index contributed by atoms with van der Waals surface area (Å²) in [6.45, 7) is 2.91. The number of fused-ring (bicyclic) bond motifs is 1. The molecule has 7 nitrogen and oxygen atoms in total. The van der Waals surface area contributed by atoms with E-state index in [1.54, 1.807) is 30.6 Å². The predicted molar refractivity (Wildman–Crippen MR) is 128 cm³/mol. The highest BCUT2D eigenvalue weighted by Crippen LogP contribution is 2.21. The van der Waals surface area contributed by atoms with Crippen LogP contribution in [0, 0.1) is 0 Å². The summed E-state index contributed by atoms with van der Waals surface area (Å²) in [6, 6.07) is 14.3. The normalized spacial score (nSPS) is 11.4. The van der Waals surface area contributed by atoms with Gasteiger partial charge in [-0.05, 0) is 36.2 Å². The van der Waals surface area contributed by atoms with E-state index < -0.39 is 16.1 Å². The maximum Gasteiger partial charge on any atom is 0.410 e. The van der Waals surface area contributed by atoms with E-state index >= 15 is 0 Å². The number of carbonyl (C=O) groups is 1. The minimum atomic E-state index is -3.77. The second-order valence-corrected chi connectivity index (χ2v) is 9.92. The van der Waals surface area contributed by atoms with Crippen LogP contribution in [0.15, 0.2) is 70.3 Å². The number of amides is 1. The summed E-state index contributed by atoms with van der Waals surface area (Å²) in [5.41, 5.74) is 0.921. The first-order chi connectivity index (χ1) is 15.4. The van der Waals surface area contributed by atoms with Gasteiger partial charge in [0.2, 0.25) is 10.0 Å². The molecule has 0 aliphatic heterocycles. The van der Waals surface area contributed by atoms with Gasteiger partial charge in [0.1, 0.15) is 0 Å². The summed E-state index contributed by atoms with van der Waals surface area (Å²) in [5, 5.41) is 1.34. The van der Waals surface area contributed by atoms with Gasteiger partial charge in [-0.2, -0.15) is 0 Å². The highest BCUT2D eigenvalue weighted by atomic mass is 79.9. The Kier molecular flexibility index (Phi) is 8.60. The molecule has 3 rings (SSSR count). The van der Waals surface area contributed by atoms with Gasteiger partial charge in [-0.3, -0.25) is 4.98 Å². The lowest BCUT2D eigenvalue weighted by Gasteiger charge is -2.22. The summed E-state index contributed by atoms with van der Waals surface area (Å²) < 4.78 is 34.8. The van der Waals surface area contributed by atoms with E-state index in [-0.39, 0.29) is 18.0 Å². The molecule has 9 heteroatoms. The van der Waals surface area contributed by atoms with Crippen LogP contribution in [0.3, 0.4) is 0 Å². The molecule has 0 spiro atoms. The van der Waals surface area contributed by atoms with E-state index in [2.05, 4.69) is 25.6 Å². The lowest BCUT2D eigenvalue weighted by molar-refractivity contribution is 0.0992. The zero-order valence-electron chi connectivity index (χ0n) is 17.8. The van der Waals surface area contributed by atoms with Crippen molar-refractivity contribution >= 4 is 42.8 Å². The van der Waals surface area contributed by atoms with Crippen LogP contribution in [0.1, 0.15) is 25.3 Å². The summed E-state index contributed by atoms with van der Waals surface area (Å²) in [4.78, 5) is 18.3. The first-order valence-corrected chi connectivity index (χ1v) is 12.7. The highest BCUT2D eigenvalue weighted by molar-refractivity contribution is 9.10. The van der Waals surface area contributed by atoms with E-state index in [1.807, 2.05) is 37.3 Å². The largest absolute Gasteiger partial charge is 0.449 e. The molecule has 170 valence electrons. The van der Waals surface area contributed by atoms with Crippen molar-refractivity contribution in [2.24, 2.45) is 0 Å². The highest BCUT2D eigenvalue weighted by Gasteiger charge is 2.20. The number of halogens is 1. The Bertz CT molecular complexity index is 1150. The van der Waals surface area contributed by atoms with E-state index in [1.165, 1.54) is 4.90 Å². The number of benzene rings is 2. The van der Waals surface area contributed by atoms with Gasteiger partial charge in [-0.1, -0.05) is 53.5 Å². The lowest BCUT2D eigenvalue weighted by atomic mass is 10.2. The lowest BCUT2D eigenvalue weighted by Crippen LogP contribution is -2.38. The molecule has 0 radical (unpaired) electrons. The average Bonchev–Trinajstić information content (AvgIpc) is 2.79. The Labute approximate surface area is 197 Å². The Balaban J connectivity index is 1.70. The standard InChI is InChI=1S/C23H26BrN3O4S/c1-2-3-15-31-23(28)27(17-18-7-9-20(24)10-8-18)14-13-26-32(29,30)22-6-4-5-19-16-25-12-11-21(19)22/h4-12,16,26H,2-3,13-15,17H2,1H3. The summed E-state index contributed by atoms with van der Waals surface area (Å²) in [5.74, 6) is 0. The molecule has 1 amide bonds. The zero-order valence-corrected chi connectivity index (χ0v) is 20.2. The molecule has 2 aromatic carbocycles. The second kappa shape index (κ2) is 11.4. The van der Waals surface area contributed by atoms with Gasteiger partial charge >= 0.3 is 6.09 Å². The molecule has 0 unspecified atom stereocenters. The average molecular weight is 520 g/mol. The van der Waals surface area contributed by atoms with Crippen LogP contribution in [-0.4, -0.2) is 44.1 Å². The van der Waals surface area contributed by atoms with Gasteiger partial charge < -0.3 is 9.64 Å². The van der Waals surface area contributed by atoms with Gasteiger partial charge in [-0.15, -0.1) is 0 Å². The van der Waals surface area contributed by atoms with Crippen molar-refractivity contribution in [3.63, 3.8) is 0 Å². The van der Waals surface area contributed by atoms with Crippen molar-refractivity contribution in [2.75, 3.05) is 19.7 Å². The van der Waals surface area contributed by atoms with Crippen molar-refractivity contribution in [3.8, 4) is 0 Å². The van der Waals surface area contributed by atoms with Crippen LogP contribution in [0.5, 0.6) is 0 Å². The molecular formula is C23H26BrN3O4S. The quantitative estimate of drug-likeness (QED) is 0.391. The SMILES string of the molecule is CCCCOC(=O)N(CCNS(=O)(=O)c1cccc2cnccc12)Cc1ccc(Br)cc1. The fourth-order valence-corrected chi connectivity index (χ4v) is 4.67. The molecule has 3 aromatic rings. The third-order valence-corrected chi connectivity index (χ3v) is 6.92. The molecule has 0 bridgehead atoms. The predicted octanol–water partition coefficient (Wildman–Crippen LogP) is 4.71. The van der Waals surface area contributed by atoms with Crippen LogP contribution < -0.4 is 4.72 Å². The van der Waals surface area contributed by atoms with Crippen LogP contribution >= 0.6 is 15.9 Å². The van der Waals surface area contributed by atoms with Gasteiger partial charge in [0.05, 0.1) is 11.5 Å². The van der Waals surface area contributed by atoms with Gasteiger partial charge in [0, 0.05) is 47.3 Å².